The largest absolute Gasteiger partial charge is 0.494 e. The first-order valence-electron chi connectivity index (χ1n) is 9.72. The highest BCUT2D eigenvalue weighted by atomic mass is 31.2. The third kappa shape index (κ3) is 10.6. The highest BCUT2D eigenvalue weighted by Gasteiger charge is 2.13. The van der Waals surface area contributed by atoms with Crippen LogP contribution < -0.4 is 20.9 Å². The summed E-state index contributed by atoms with van der Waals surface area (Å²) < 4.78 is 39.2. The van der Waals surface area contributed by atoms with Gasteiger partial charge in [0.1, 0.15) is 23.2 Å². The van der Waals surface area contributed by atoms with E-state index in [2.05, 4.69) is 9.53 Å². The van der Waals surface area contributed by atoms with E-state index in [1.165, 1.54) is 0 Å². The second kappa shape index (κ2) is 11.9. The number of rotatable bonds is 12. The second-order valence-corrected chi connectivity index (χ2v) is 9.26. The van der Waals surface area contributed by atoms with Gasteiger partial charge in [-0.25, -0.2) is 9.13 Å². The Bertz CT molecular complexity index is 977. The lowest BCUT2D eigenvalue weighted by molar-refractivity contribution is 0.279. The molecule has 0 aliphatic heterocycles. The van der Waals surface area contributed by atoms with E-state index in [0.717, 1.165) is 19.3 Å². The zero-order chi connectivity index (χ0) is 24.5. The van der Waals surface area contributed by atoms with Gasteiger partial charge in [-0.1, -0.05) is 0 Å². The maximum absolute atomic E-state index is 10.9. The van der Waals surface area contributed by atoms with Crippen molar-refractivity contribution in [1.29, 1.82) is 0 Å². The number of ether oxygens (including phenoxy) is 2. The lowest BCUT2D eigenvalue weighted by Gasteiger charge is -2.09. The zero-order valence-electron chi connectivity index (χ0n) is 17.5. The van der Waals surface area contributed by atoms with Crippen LogP contribution in [-0.2, 0) is 9.13 Å². The Morgan fingerprint density at radius 1 is 0.667 bits per heavy atom. The Morgan fingerprint density at radius 2 is 1.00 bits per heavy atom. The lowest BCUT2D eigenvalue weighted by atomic mass is 10.2. The molecule has 180 valence electrons. The van der Waals surface area contributed by atoms with Gasteiger partial charge in [0.05, 0.1) is 13.2 Å². The van der Waals surface area contributed by atoms with E-state index in [9.17, 15) is 9.13 Å². The monoisotopic (exact) mass is 500 g/mol. The van der Waals surface area contributed by atoms with E-state index >= 15 is 0 Å². The van der Waals surface area contributed by atoms with Crippen molar-refractivity contribution in [1.82, 2.24) is 0 Å². The first kappa shape index (κ1) is 26.5. The van der Waals surface area contributed by atoms with E-state index in [1.54, 1.807) is 48.5 Å². The minimum atomic E-state index is -4.58. The maximum atomic E-state index is 10.9. The van der Waals surface area contributed by atoms with E-state index in [-0.39, 0.29) is 11.7 Å². The van der Waals surface area contributed by atoms with Crippen LogP contribution in [0.25, 0.3) is 0 Å². The molecule has 0 saturated carbocycles. The summed E-state index contributed by atoms with van der Waals surface area (Å²) in [5, 5.41) is 0. The number of unbranched alkanes of at least 4 members (excludes halogenated alkanes) is 2. The highest BCUT2D eigenvalue weighted by Crippen LogP contribution is 2.37. The summed E-state index contributed by atoms with van der Waals surface area (Å²) in [4.78, 5) is 35.3. The summed E-state index contributed by atoms with van der Waals surface area (Å²) in [5.41, 5.74) is 11.9. The zero-order valence-corrected chi connectivity index (χ0v) is 19.3. The SMILES string of the molecule is N/C(=N\P(=O)(O)O)c1ccc(OCCCCCOc2ccc(/C(N)=N/P(=O)(O)O)cc2)cc1. The second-order valence-electron chi connectivity index (χ2n) is 6.80. The Labute approximate surface area is 190 Å². The highest BCUT2D eigenvalue weighted by molar-refractivity contribution is 7.50. The number of nitrogens with zero attached hydrogens (tertiary/aromatic N) is 2. The summed E-state index contributed by atoms with van der Waals surface area (Å²) in [6, 6.07) is 12.8. The molecule has 8 N–H and O–H groups in total. The van der Waals surface area contributed by atoms with Crippen molar-refractivity contribution in [2.45, 2.75) is 19.3 Å². The maximum Gasteiger partial charge on any atom is 0.450 e. The fourth-order valence-electron chi connectivity index (χ4n) is 2.60. The summed E-state index contributed by atoms with van der Waals surface area (Å²) in [7, 11) is -9.16. The average molecular weight is 500 g/mol. The smallest absolute Gasteiger partial charge is 0.450 e. The number of benzene rings is 2. The van der Waals surface area contributed by atoms with Gasteiger partial charge in [0.2, 0.25) is 0 Å². The van der Waals surface area contributed by atoms with Gasteiger partial charge >= 0.3 is 15.5 Å². The molecule has 0 unspecified atom stereocenters. The minimum absolute atomic E-state index is 0.248. The van der Waals surface area contributed by atoms with Crippen molar-refractivity contribution in [2.24, 2.45) is 21.0 Å². The fourth-order valence-corrected chi connectivity index (χ4v) is 3.39. The molecule has 2 rings (SSSR count). The van der Waals surface area contributed by atoms with Crippen molar-refractivity contribution in [3.8, 4) is 11.5 Å². The normalized spacial score (nSPS) is 13.1. The molecule has 0 bridgehead atoms. The molecule has 0 aliphatic rings. The van der Waals surface area contributed by atoms with Crippen LogP contribution in [0.3, 0.4) is 0 Å². The molecule has 33 heavy (non-hydrogen) atoms. The van der Waals surface area contributed by atoms with Crippen LogP contribution in [-0.4, -0.2) is 44.5 Å². The predicted octanol–water partition coefficient (Wildman–Crippen LogP) is 1.91. The molecule has 12 nitrogen and oxygen atoms in total. The quantitative estimate of drug-likeness (QED) is 0.108. The van der Waals surface area contributed by atoms with Gasteiger partial charge in [-0.05, 0) is 67.8 Å². The van der Waals surface area contributed by atoms with E-state index in [4.69, 9.17) is 40.5 Å². The number of nitrogens with two attached hydrogens (primary N) is 2. The van der Waals surface area contributed by atoms with Crippen molar-refractivity contribution >= 4 is 27.2 Å². The summed E-state index contributed by atoms with van der Waals surface area (Å²) in [6.45, 7) is 0.969. The van der Waals surface area contributed by atoms with Crippen molar-refractivity contribution < 1.29 is 38.2 Å². The van der Waals surface area contributed by atoms with Gasteiger partial charge in [0, 0.05) is 11.1 Å². The van der Waals surface area contributed by atoms with Crippen molar-refractivity contribution in [3.05, 3.63) is 59.7 Å². The standard InChI is InChI=1S/C19H26N4O8P2/c20-18(22-32(24,25)26)14-4-8-16(9-5-14)30-12-2-1-3-13-31-17-10-6-15(7-11-17)19(21)23-33(27,28)29/h4-11H,1-3,12-13H2,(H4,20,22,24,25,26)(H4,21,23,27,28,29). The lowest BCUT2D eigenvalue weighted by Crippen LogP contribution is -2.13. The molecule has 0 fully saturated rings. The van der Waals surface area contributed by atoms with Gasteiger partial charge in [0.15, 0.2) is 0 Å². The van der Waals surface area contributed by atoms with Gasteiger partial charge in [-0.15, -0.1) is 0 Å². The number of hydrogen-bond donors (Lipinski definition) is 6. The molecule has 0 heterocycles. The van der Waals surface area contributed by atoms with Crippen molar-refractivity contribution in [2.75, 3.05) is 13.2 Å². The first-order valence-corrected chi connectivity index (χ1v) is 12.8. The van der Waals surface area contributed by atoms with Crippen LogP contribution in [0.5, 0.6) is 11.5 Å². The fraction of sp³-hybridized carbons (Fsp3) is 0.263. The molecular weight excluding hydrogens is 474 g/mol. The molecular formula is C19H26N4O8P2. The predicted molar refractivity (Wildman–Crippen MR) is 123 cm³/mol. The Morgan fingerprint density at radius 3 is 1.30 bits per heavy atom. The molecule has 0 spiro atoms. The minimum Gasteiger partial charge on any atom is -0.494 e. The van der Waals surface area contributed by atoms with Crippen LogP contribution in [0.1, 0.15) is 30.4 Å². The first-order chi connectivity index (χ1) is 15.4. The summed E-state index contributed by atoms with van der Waals surface area (Å²) in [5.74, 6) is 0.700. The molecule has 0 aliphatic carbocycles. The van der Waals surface area contributed by atoms with E-state index in [0.29, 0.717) is 35.8 Å². The molecule has 14 heteroatoms. The van der Waals surface area contributed by atoms with Gasteiger partial charge < -0.3 is 40.5 Å². The van der Waals surface area contributed by atoms with Gasteiger partial charge in [0.25, 0.3) is 0 Å². The van der Waals surface area contributed by atoms with Crippen molar-refractivity contribution in [3.63, 3.8) is 0 Å². The van der Waals surface area contributed by atoms with Crippen LogP contribution in [0.2, 0.25) is 0 Å². The summed E-state index contributed by atoms with van der Waals surface area (Å²) >= 11 is 0. The van der Waals surface area contributed by atoms with Gasteiger partial charge in [-0.3, -0.25) is 0 Å². The van der Waals surface area contributed by atoms with E-state index < -0.39 is 15.5 Å². The van der Waals surface area contributed by atoms with E-state index in [1.807, 2.05) is 0 Å². The molecule has 0 aromatic heterocycles. The average Bonchev–Trinajstić information content (AvgIpc) is 2.71. The van der Waals surface area contributed by atoms with Crippen LogP contribution in [0, 0.1) is 0 Å². The Balaban J connectivity index is 1.66. The Hall–Kier alpha value is -2.72. The third-order valence-electron chi connectivity index (χ3n) is 4.10. The molecule has 0 amide bonds. The molecule has 0 radical (unpaired) electrons. The number of hydrogen-bond acceptors (Lipinski definition) is 4. The number of amidine groups is 2. The molecule has 2 aromatic carbocycles. The molecule has 2 aromatic rings. The van der Waals surface area contributed by atoms with Gasteiger partial charge in [-0.2, -0.15) is 9.53 Å². The molecule has 0 atom stereocenters. The topological polar surface area (TPSA) is 210 Å². The van der Waals surface area contributed by atoms with Crippen LogP contribution in [0.15, 0.2) is 58.1 Å². The van der Waals surface area contributed by atoms with Crippen LogP contribution >= 0.6 is 15.5 Å². The third-order valence-corrected chi connectivity index (χ3v) is 5.05. The van der Waals surface area contributed by atoms with Crippen LogP contribution in [0.4, 0.5) is 0 Å². The summed E-state index contributed by atoms with van der Waals surface area (Å²) in [6.07, 6.45) is 2.45. The Kier molecular flexibility index (Phi) is 9.60. The molecule has 0 saturated heterocycles.